The van der Waals surface area contributed by atoms with Gasteiger partial charge in [-0.25, -0.2) is 0 Å². The minimum Gasteiger partial charge on any atom is -0.368 e. The van der Waals surface area contributed by atoms with Crippen molar-refractivity contribution in [3.05, 3.63) is 42.0 Å². The van der Waals surface area contributed by atoms with Crippen LogP contribution in [0.25, 0.3) is 0 Å². The molecule has 142 valence electrons. The molecular formula is C18H27IN6O. The number of halogens is 1. The highest BCUT2D eigenvalue weighted by atomic mass is 127. The number of hydrogen-bond donors (Lipinski definition) is 1. The van der Waals surface area contributed by atoms with E-state index in [0.29, 0.717) is 24.7 Å². The lowest BCUT2D eigenvalue weighted by Gasteiger charge is -2.37. The molecule has 1 aromatic heterocycles. The number of benzene rings is 1. The van der Waals surface area contributed by atoms with Gasteiger partial charge in [-0.15, -0.1) is 24.0 Å². The Balaban J connectivity index is 0.00000243. The van der Waals surface area contributed by atoms with Crippen molar-refractivity contribution in [3.63, 3.8) is 0 Å². The Bertz CT molecular complexity index is 682. The molecule has 1 aromatic carbocycles. The van der Waals surface area contributed by atoms with Crippen LogP contribution in [0.1, 0.15) is 18.6 Å². The third-order valence-corrected chi connectivity index (χ3v) is 4.19. The highest BCUT2D eigenvalue weighted by Gasteiger charge is 2.19. The Kier molecular flexibility index (Phi) is 8.14. The van der Waals surface area contributed by atoms with Crippen LogP contribution >= 0.6 is 24.0 Å². The van der Waals surface area contributed by atoms with Crippen molar-refractivity contribution in [1.82, 2.24) is 20.4 Å². The molecule has 8 heteroatoms. The van der Waals surface area contributed by atoms with Crippen molar-refractivity contribution >= 4 is 35.6 Å². The van der Waals surface area contributed by atoms with E-state index in [1.54, 1.807) is 0 Å². The molecule has 0 unspecified atom stereocenters. The lowest BCUT2D eigenvalue weighted by molar-refractivity contribution is 0.368. The highest BCUT2D eigenvalue weighted by molar-refractivity contribution is 14.0. The maximum atomic E-state index is 5.14. The van der Waals surface area contributed by atoms with E-state index >= 15 is 0 Å². The van der Waals surface area contributed by atoms with E-state index in [-0.39, 0.29) is 24.0 Å². The molecule has 0 aliphatic carbocycles. The number of nitrogens with zero attached hydrogens (tertiary/aromatic N) is 5. The molecule has 26 heavy (non-hydrogen) atoms. The molecule has 0 bridgehead atoms. The summed E-state index contributed by atoms with van der Waals surface area (Å²) in [6.45, 7) is 9.33. The summed E-state index contributed by atoms with van der Waals surface area (Å²) < 4.78 is 5.14. The predicted octanol–water partition coefficient (Wildman–Crippen LogP) is 2.33. The predicted molar refractivity (Wildman–Crippen MR) is 114 cm³/mol. The van der Waals surface area contributed by atoms with E-state index in [1.807, 2.05) is 6.92 Å². The summed E-state index contributed by atoms with van der Waals surface area (Å²) in [6, 6.07) is 10.6. The Hall–Kier alpha value is -1.84. The number of piperazine rings is 1. The first-order chi connectivity index (χ1) is 12.3. The number of rotatable bonds is 5. The second kappa shape index (κ2) is 10.3. The smallest absolute Gasteiger partial charge is 0.228 e. The van der Waals surface area contributed by atoms with Gasteiger partial charge in [0, 0.05) is 44.8 Å². The number of guanidine groups is 1. The Morgan fingerprint density at radius 2 is 1.92 bits per heavy atom. The van der Waals surface area contributed by atoms with Crippen molar-refractivity contribution in [2.75, 3.05) is 44.2 Å². The van der Waals surface area contributed by atoms with E-state index in [0.717, 1.165) is 38.7 Å². The highest BCUT2D eigenvalue weighted by Crippen LogP contribution is 2.15. The molecule has 1 aliphatic heterocycles. The van der Waals surface area contributed by atoms with Crippen LogP contribution in [0.5, 0.6) is 0 Å². The monoisotopic (exact) mass is 470 g/mol. The molecule has 0 saturated carbocycles. The lowest BCUT2D eigenvalue weighted by Crippen LogP contribution is -2.52. The van der Waals surface area contributed by atoms with E-state index in [2.05, 4.69) is 62.5 Å². The maximum Gasteiger partial charge on any atom is 0.228 e. The molecule has 0 radical (unpaired) electrons. The van der Waals surface area contributed by atoms with Crippen molar-refractivity contribution in [2.24, 2.45) is 4.99 Å². The molecular weight excluding hydrogens is 443 g/mol. The normalized spacial score (nSPS) is 14.9. The van der Waals surface area contributed by atoms with Crippen LogP contribution in [0, 0.1) is 6.92 Å². The zero-order valence-corrected chi connectivity index (χ0v) is 17.7. The standard InChI is InChI=1S/C18H26N6O.HI/c1-3-19-18(20-10-9-17-21-15(2)22-25-17)24-13-11-23(12-14-24)16-7-5-4-6-8-16;/h4-8H,3,9-14H2,1-2H3,(H,19,20);1H. The second-order valence-electron chi connectivity index (χ2n) is 6.03. The van der Waals surface area contributed by atoms with Gasteiger partial charge in [0.05, 0.1) is 6.54 Å². The first kappa shape index (κ1) is 20.5. The van der Waals surface area contributed by atoms with E-state index in [9.17, 15) is 0 Å². The topological polar surface area (TPSA) is 69.8 Å². The molecule has 7 nitrogen and oxygen atoms in total. The van der Waals surface area contributed by atoms with Gasteiger partial charge >= 0.3 is 0 Å². The van der Waals surface area contributed by atoms with Crippen molar-refractivity contribution in [3.8, 4) is 0 Å². The third kappa shape index (κ3) is 5.58. The Labute approximate surface area is 171 Å². The van der Waals surface area contributed by atoms with Crippen LogP contribution in [-0.4, -0.2) is 60.3 Å². The second-order valence-corrected chi connectivity index (χ2v) is 6.03. The molecule has 2 heterocycles. The average Bonchev–Trinajstić information content (AvgIpc) is 3.07. The first-order valence-corrected chi connectivity index (χ1v) is 8.88. The van der Waals surface area contributed by atoms with Crippen LogP contribution in [0.4, 0.5) is 5.69 Å². The number of para-hydroxylation sites is 1. The van der Waals surface area contributed by atoms with E-state index in [1.165, 1.54) is 5.69 Å². The summed E-state index contributed by atoms with van der Waals surface area (Å²) in [5.74, 6) is 2.28. The lowest BCUT2D eigenvalue weighted by atomic mass is 10.2. The average molecular weight is 470 g/mol. The minimum atomic E-state index is 0. The van der Waals surface area contributed by atoms with E-state index in [4.69, 9.17) is 9.52 Å². The van der Waals surface area contributed by atoms with Crippen LogP contribution in [0.2, 0.25) is 0 Å². The quantitative estimate of drug-likeness (QED) is 0.411. The molecule has 0 atom stereocenters. The van der Waals surface area contributed by atoms with Crippen molar-refractivity contribution in [2.45, 2.75) is 20.3 Å². The summed E-state index contributed by atoms with van der Waals surface area (Å²) in [5, 5.41) is 7.20. The zero-order valence-electron chi connectivity index (χ0n) is 15.4. The molecule has 1 aliphatic rings. The van der Waals surface area contributed by atoms with Gasteiger partial charge < -0.3 is 19.6 Å². The van der Waals surface area contributed by atoms with Gasteiger partial charge in [0.25, 0.3) is 0 Å². The number of aliphatic imine (C=N–C) groups is 1. The van der Waals surface area contributed by atoms with Crippen LogP contribution in [0.15, 0.2) is 39.8 Å². The molecule has 2 aromatic rings. The van der Waals surface area contributed by atoms with Gasteiger partial charge in [0.2, 0.25) is 5.89 Å². The molecule has 0 spiro atoms. The largest absolute Gasteiger partial charge is 0.368 e. The van der Waals surface area contributed by atoms with Gasteiger partial charge in [-0.05, 0) is 26.0 Å². The minimum absolute atomic E-state index is 0. The Morgan fingerprint density at radius 1 is 1.19 bits per heavy atom. The van der Waals surface area contributed by atoms with Crippen LogP contribution in [0.3, 0.4) is 0 Å². The fourth-order valence-corrected chi connectivity index (χ4v) is 2.94. The van der Waals surface area contributed by atoms with Gasteiger partial charge in [-0.2, -0.15) is 4.98 Å². The summed E-state index contributed by atoms with van der Waals surface area (Å²) in [4.78, 5) is 13.7. The summed E-state index contributed by atoms with van der Waals surface area (Å²) in [6.07, 6.45) is 0.666. The molecule has 1 N–H and O–H groups in total. The Morgan fingerprint density at radius 3 is 2.54 bits per heavy atom. The van der Waals surface area contributed by atoms with Gasteiger partial charge in [0.15, 0.2) is 11.8 Å². The molecule has 1 fully saturated rings. The summed E-state index contributed by atoms with van der Waals surface area (Å²) in [5.41, 5.74) is 1.29. The van der Waals surface area contributed by atoms with E-state index < -0.39 is 0 Å². The van der Waals surface area contributed by atoms with Crippen LogP contribution in [-0.2, 0) is 6.42 Å². The third-order valence-electron chi connectivity index (χ3n) is 4.19. The number of aromatic nitrogens is 2. The molecule has 1 saturated heterocycles. The molecule has 0 amide bonds. The zero-order chi connectivity index (χ0) is 17.5. The summed E-state index contributed by atoms with van der Waals surface area (Å²) >= 11 is 0. The number of aryl methyl sites for hydroxylation is 1. The summed E-state index contributed by atoms with van der Waals surface area (Å²) in [7, 11) is 0. The maximum absolute atomic E-state index is 5.14. The number of hydrogen-bond acceptors (Lipinski definition) is 5. The van der Waals surface area contributed by atoms with Crippen molar-refractivity contribution < 1.29 is 4.52 Å². The fourth-order valence-electron chi connectivity index (χ4n) is 2.94. The van der Waals surface area contributed by atoms with Crippen molar-refractivity contribution in [1.29, 1.82) is 0 Å². The van der Waals surface area contributed by atoms with Crippen LogP contribution < -0.4 is 10.2 Å². The fraction of sp³-hybridized carbons (Fsp3) is 0.500. The molecule has 3 rings (SSSR count). The number of nitrogens with one attached hydrogen (secondary N) is 1. The van der Waals surface area contributed by atoms with Gasteiger partial charge in [-0.1, -0.05) is 23.4 Å². The SMILES string of the molecule is CCNC(=NCCc1nc(C)no1)N1CCN(c2ccccc2)CC1.I. The van der Waals surface area contributed by atoms with Gasteiger partial charge in [-0.3, -0.25) is 4.99 Å². The number of anilines is 1. The van der Waals surface area contributed by atoms with Gasteiger partial charge in [0.1, 0.15) is 0 Å². The first-order valence-electron chi connectivity index (χ1n) is 8.88.